The van der Waals surface area contributed by atoms with Crippen molar-refractivity contribution in [3.8, 4) is 17.1 Å². The fourth-order valence-electron chi connectivity index (χ4n) is 4.73. The predicted octanol–water partition coefficient (Wildman–Crippen LogP) is 4.41. The van der Waals surface area contributed by atoms with Gasteiger partial charge < -0.3 is 14.7 Å². The van der Waals surface area contributed by atoms with Crippen LogP contribution in [0.5, 0.6) is 5.75 Å². The van der Waals surface area contributed by atoms with Gasteiger partial charge in [0.2, 0.25) is 0 Å². The smallest absolute Gasteiger partial charge is 0.417 e. The number of alkyl halides is 3. The van der Waals surface area contributed by atoms with Crippen LogP contribution in [0.4, 0.5) is 13.2 Å². The van der Waals surface area contributed by atoms with Crippen molar-refractivity contribution in [2.75, 3.05) is 19.7 Å². The number of rotatable bonds is 5. The first kappa shape index (κ1) is 23.8. The fraction of sp³-hybridized carbons (Fsp3) is 0.360. The lowest BCUT2D eigenvalue weighted by molar-refractivity contribution is -0.139. The summed E-state index contributed by atoms with van der Waals surface area (Å²) < 4.78 is 47.4. The molecule has 0 amide bonds. The maximum absolute atomic E-state index is 13.6. The molecule has 2 aliphatic heterocycles. The second kappa shape index (κ2) is 9.63. The molecule has 0 radical (unpaired) electrons. The van der Waals surface area contributed by atoms with Gasteiger partial charge in [-0.15, -0.1) is 10.2 Å². The zero-order valence-electron chi connectivity index (χ0n) is 19.3. The van der Waals surface area contributed by atoms with Crippen LogP contribution >= 0.6 is 0 Å². The van der Waals surface area contributed by atoms with Crippen molar-refractivity contribution in [3.05, 3.63) is 65.5 Å². The largest absolute Gasteiger partial charge is 0.482 e. The first-order chi connectivity index (χ1) is 17.3. The maximum Gasteiger partial charge on any atom is 0.417 e. The number of nitrogens with zero attached hydrogens (tertiary/aromatic N) is 5. The number of carboxylic acids is 1. The number of halogens is 3. The van der Waals surface area contributed by atoms with Crippen LogP contribution in [-0.2, 0) is 17.4 Å². The molecule has 0 spiro atoms. The summed E-state index contributed by atoms with van der Waals surface area (Å²) in [5, 5.41) is 21.5. The fourth-order valence-corrected chi connectivity index (χ4v) is 4.73. The van der Waals surface area contributed by atoms with E-state index in [-0.39, 0.29) is 18.0 Å². The summed E-state index contributed by atoms with van der Waals surface area (Å²) in [6.07, 6.45) is -1.51. The summed E-state index contributed by atoms with van der Waals surface area (Å²) in [7, 11) is 0. The van der Waals surface area contributed by atoms with Gasteiger partial charge in [0.05, 0.1) is 5.56 Å². The van der Waals surface area contributed by atoms with E-state index < -0.39 is 17.7 Å². The Balaban J connectivity index is 1.29. The summed E-state index contributed by atoms with van der Waals surface area (Å²) >= 11 is 0. The van der Waals surface area contributed by atoms with E-state index in [1.165, 1.54) is 16.8 Å². The number of ether oxygens (including phenoxy) is 1. The van der Waals surface area contributed by atoms with Crippen LogP contribution in [0, 0.1) is 0 Å². The molecule has 1 fully saturated rings. The third kappa shape index (κ3) is 4.91. The molecule has 2 aliphatic rings. The van der Waals surface area contributed by atoms with Crippen LogP contribution in [0.25, 0.3) is 11.4 Å². The Morgan fingerprint density at radius 2 is 1.75 bits per heavy atom. The molecule has 2 aromatic carbocycles. The molecule has 0 unspecified atom stereocenters. The van der Waals surface area contributed by atoms with E-state index in [0.29, 0.717) is 30.3 Å². The van der Waals surface area contributed by atoms with Crippen LogP contribution in [0.2, 0.25) is 0 Å². The predicted molar refractivity (Wildman–Crippen MR) is 125 cm³/mol. The van der Waals surface area contributed by atoms with Crippen molar-refractivity contribution in [1.82, 2.24) is 19.8 Å². The van der Waals surface area contributed by atoms with Crippen molar-refractivity contribution in [3.63, 3.8) is 0 Å². The molecule has 0 atom stereocenters. The number of aryl methyl sites for hydroxylation is 1. The van der Waals surface area contributed by atoms with Gasteiger partial charge in [0.1, 0.15) is 11.6 Å². The van der Waals surface area contributed by atoms with E-state index in [9.17, 15) is 18.0 Å². The first-order valence-corrected chi connectivity index (χ1v) is 11.7. The van der Waals surface area contributed by atoms with Crippen molar-refractivity contribution >= 4 is 11.8 Å². The first-order valence-electron chi connectivity index (χ1n) is 11.7. The molecule has 0 saturated carbocycles. The van der Waals surface area contributed by atoms with Crippen molar-refractivity contribution < 1.29 is 27.8 Å². The number of benzene rings is 2. The van der Waals surface area contributed by atoms with E-state index in [1.54, 1.807) is 18.2 Å². The summed E-state index contributed by atoms with van der Waals surface area (Å²) in [5.74, 6) is 1.30. The standard InChI is InChI=1S/C25H24F3N5O3/c26-25(27,28)20-4-2-1-3-19(20)24-30-29-21-9-10-22(31-33(21)24)32-13-11-17(12-14-32)16-5-7-18(8-6-16)36-15-23(34)35/h1-8,17H,9-15H2,(H,34,35). The van der Waals surface area contributed by atoms with Crippen LogP contribution in [-0.4, -0.2) is 56.4 Å². The summed E-state index contributed by atoms with van der Waals surface area (Å²) in [5.41, 5.74) is 0.362. The van der Waals surface area contributed by atoms with Gasteiger partial charge in [0, 0.05) is 31.5 Å². The van der Waals surface area contributed by atoms with Crippen LogP contribution in [0.1, 0.15) is 42.1 Å². The number of hydrogen-bond acceptors (Lipinski definition) is 6. The maximum atomic E-state index is 13.6. The SMILES string of the molecule is O=C(O)COc1ccc(C2CCN(C3=Nn4c(nnc4-c4ccccc4C(F)(F)F)CC3)CC2)cc1. The Kier molecular flexibility index (Phi) is 6.38. The Hall–Kier alpha value is -3.89. The van der Waals surface area contributed by atoms with E-state index in [1.807, 2.05) is 12.1 Å². The van der Waals surface area contributed by atoms with E-state index >= 15 is 0 Å². The van der Waals surface area contributed by atoms with Gasteiger partial charge in [-0.2, -0.15) is 22.9 Å². The lowest BCUT2D eigenvalue weighted by atomic mass is 9.89. The minimum Gasteiger partial charge on any atom is -0.482 e. The van der Waals surface area contributed by atoms with Gasteiger partial charge in [-0.25, -0.2) is 4.79 Å². The molecular weight excluding hydrogens is 475 g/mol. The van der Waals surface area contributed by atoms with Crippen molar-refractivity contribution in [2.24, 2.45) is 5.10 Å². The molecule has 1 N–H and O–H groups in total. The number of piperidine rings is 1. The molecule has 11 heteroatoms. The molecule has 0 aliphatic carbocycles. The quantitative estimate of drug-likeness (QED) is 0.559. The molecule has 3 heterocycles. The second-order valence-electron chi connectivity index (χ2n) is 8.82. The van der Waals surface area contributed by atoms with E-state index in [2.05, 4.69) is 20.2 Å². The lowest BCUT2D eigenvalue weighted by Gasteiger charge is -2.35. The summed E-state index contributed by atoms with van der Waals surface area (Å²) in [6.45, 7) is 1.16. The van der Waals surface area contributed by atoms with Gasteiger partial charge in [-0.3, -0.25) is 0 Å². The number of aliphatic carboxylic acids is 1. The molecular formula is C25H24F3N5O3. The van der Waals surface area contributed by atoms with Crippen LogP contribution in [0.15, 0.2) is 53.6 Å². The lowest BCUT2D eigenvalue weighted by Crippen LogP contribution is -2.39. The van der Waals surface area contributed by atoms with Gasteiger partial charge in [0.15, 0.2) is 18.3 Å². The van der Waals surface area contributed by atoms with Crippen molar-refractivity contribution in [1.29, 1.82) is 0 Å². The molecule has 1 saturated heterocycles. The van der Waals surface area contributed by atoms with Gasteiger partial charge in [0.25, 0.3) is 0 Å². The monoisotopic (exact) mass is 499 g/mol. The molecule has 1 aromatic heterocycles. The zero-order chi connectivity index (χ0) is 25.3. The number of aromatic nitrogens is 3. The number of carboxylic acid groups (broad SMARTS) is 1. The Bertz CT molecular complexity index is 1280. The third-order valence-corrected chi connectivity index (χ3v) is 6.54. The Morgan fingerprint density at radius 1 is 1.03 bits per heavy atom. The van der Waals surface area contributed by atoms with Crippen LogP contribution < -0.4 is 4.74 Å². The highest BCUT2D eigenvalue weighted by atomic mass is 19.4. The topological polar surface area (TPSA) is 92.8 Å². The van der Waals surface area contributed by atoms with E-state index in [4.69, 9.17) is 9.84 Å². The van der Waals surface area contributed by atoms with Gasteiger partial charge in [-0.1, -0.05) is 30.3 Å². The highest BCUT2D eigenvalue weighted by Crippen LogP contribution is 2.37. The summed E-state index contributed by atoms with van der Waals surface area (Å²) in [6, 6.07) is 12.8. The Labute approximate surface area is 205 Å². The minimum absolute atomic E-state index is 0.0387. The van der Waals surface area contributed by atoms with Crippen molar-refractivity contribution in [2.45, 2.75) is 37.8 Å². The molecule has 0 bridgehead atoms. The molecule has 5 rings (SSSR count). The average molecular weight is 499 g/mol. The van der Waals surface area contributed by atoms with Gasteiger partial charge in [-0.05, 0) is 42.5 Å². The minimum atomic E-state index is -4.51. The van der Waals surface area contributed by atoms with E-state index in [0.717, 1.165) is 43.4 Å². The third-order valence-electron chi connectivity index (χ3n) is 6.54. The average Bonchev–Trinajstić information content (AvgIpc) is 3.30. The highest BCUT2D eigenvalue weighted by Gasteiger charge is 2.35. The normalized spacial score (nSPS) is 16.4. The summed E-state index contributed by atoms with van der Waals surface area (Å²) in [4.78, 5) is 12.8. The Morgan fingerprint density at radius 3 is 2.44 bits per heavy atom. The molecule has 36 heavy (non-hydrogen) atoms. The zero-order valence-corrected chi connectivity index (χ0v) is 19.3. The highest BCUT2D eigenvalue weighted by molar-refractivity contribution is 5.83. The second-order valence-corrected chi connectivity index (χ2v) is 8.82. The number of hydrogen-bond donors (Lipinski definition) is 1. The number of amidine groups is 1. The molecule has 8 nitrogen and oxygen atoms in total. The molecule has 188 valence electrons. The van der Waals surface area contributed by atoms with Crippen LogP contribution in [0.3, 0.4) is 0 Å². The number of carbonyl (C=O) groups is 1. The molecule has 3 aromatic rings. The number of fused-ring (bicyclic) bond motifs is 1. The number of likely N-dealkylation sites (tertiary alicyclic amines) is 1. The van der Waals surface area contributed by atoms with Gasteiger partial charge >= 0.3 is 12.1 Å².